The van der Waals surface area contributed by atoms with Crippen LogP contribution in [0.2, 0.25) is 10.0 Å². The molecule has 2 rings (SSSR count). The van der Waals surface area contributed by atoms with Gasteiger partial charge in [-0.2, -0.15) is 0 Å². The molecule has 0 fully saturated rings. The van der Waals surface area contributed by atoms with Crippen LogP contribution in [0.4, 0.5) is 5.82 Å². The lowest BCUT2D eigenvalue weighted by atomic mass is 10.1. The van der Waals surface area contributed by atoms with Crippen molar-refractivity contribution in [3.05, 3.63) is 51.4 Å². The van der Waals surface area contributed by atoms with Crippen molar-refractivity contribution in [1.82, 2.24) is 9.97 Å². The number of rotatable bonds is 2. The van der Waals surface area contributed by atoms with Crippen LogP contribution < -0.4 is 5.73 Å². The van der Waals surface area contributed by atoms with E-state index in [2.05, 4.69) is 9.97 Å². The molecule has 0 saturated carbocycles. The van der Waals surface area contributed by atoms with Crippen LogP contribution in [0.1, 0.15) is 17.1 Å². The van der Waals surface area contributed by atoms with Crippen LogP contribution >= 0.6 is 23.2 Å². The number of hydrogen-bond acceptors (Lipinski definition) is 3. The van der Waals surface area contributed by atoms with Crippen LogP contribution in [0, 0.1) is 6.92 Å². The van der Waals surface area contributed by atoms with Gasteiger partial charge >= 0.3 is 0 Å². The fourth-order valence-corrected chi connectivity index (χ4v) is 2.05. The first-order valence-electron chi connectivity index (χ1n) is 5.08. The summed E-state index contributed by atoms with van der Waals surface area (Å²) in [5.74, 6) is 1.13. The summed E-state index contributed by atoms with van der Waals surface area (Å²) in [5, 5.41) is 1.23. The van der Waals surface area contributed by atoms with E-state index in [1.54, 1.807) is 18.2 Å². The number of nitrogens with zero attached hydrogens (tertiary/aromatic N) is 2. The highest BCUT2D eigenvalue weighted by atomic mass is 35.5. The molecule has 0 saturated heterocycles. The van der Waals surface area contributed by atoms with Crippen molar-refractivity contribution in [2.45, 2.75) is 13.3 Å². The van der Waals surface area contributed by atoms with E-state index in [1.165, 1.54) is 0 Å². The van der Waals surface area contributed by atoms with Gasteiger partial charge in [0, 0.05) is 28.2 Å². The van der Waals surface area contributed by atoms with Crippen LogP contribution in [0.15, 0.2) is 24.3 Å². The van der Waals surface area contributed by atoms with Gasteiger partial charge < -0.3 is 5.73 Å². The molecule has 3 nitrogen and oxygen atoms in total. The number of anilines is 1. The zero-order valence-corrected chi connectivity index (χ0v) is 10.8. The van der Waals surface area contributed by atoms with Crippen LogP contribution in [-0.4, -0.2) is 9.97 Å². The van der Waals surface area contributed by atoms with Crippen LogP contribution in [-0.2, 0) is 6.42 Å². The average molecular weight is 268 g/mol. The zero-order chi connectivity index (χ0) is 12.4. The Morgan fingerprint density at radius 1 is 1.18 bits per heavy atom. The molecule has 0 radical (unpaired) electrons. The quantitative estimate of drug-likeness (QED) is 0.909. The van der Waals surface area contributed by atoms with Gasteiger partial charge in [-0.05, 0) is 24.6 Å². The van der Waals surface area contributed by atoms with E-state index in [4.69, 9.17) is 28.9 Å². The van der Waals surface area contributed by atoms with Gasteiger partial charge in [0.15, 0.2) is 0 Å². The number of hydrogen-bond donors (Lipinski definition) is 1. The summed E-state index contributed by atoms with van der Waals surface area (Å²) in [6.45, 7) is 1.88. The van der Waals surface area contributed by atoms with Crippen LogP contribution in [0.3, 0.4) is 0 Å². The molecule has 1 aromatic heterocycles. The number of benzene rings is 1. The number of aromatic nitrogens is 2. The molecule has 0 spiro atoms. The molecule has 1 aromatic carbocycles. The summed E-state index contributed by atoms with van der Waals surface area (Å²) in [6.07, 6.45) is 0.544. The van der Waals surface area contributed by atoms with Crippen molar-refractivity contribution in [3.63, 3.8) is 0 Å². The van der Waals surface area contributed by atoms with Gasteiger partial charge in [0.05, 0.1) is 0 Å². The van der Waals surface area contributed by atoms with E-state index in [0.717, 1.165) is 11.3 Å². The topological polar surface area (TPSA) is 51.8 Å². The Kier molecular flexibility index (Phi) is 3.50. The SMILES string of the molecule is Cc1cc(N)nc(Cc2ccc(Cl)cc2Cl)n1. The molecule has 2 aromatic rings. The van der Waals surface area contributed by atoms with E-state index in [0.29, 0.717) is 28.1 Å². The van der Waals surface area contributed by atoms with Gasteiger partial charge in [0.1, 0.15) is 11.6 Å². The van der Waals surface area contributed by atoms with Gasteiger partial charge in [-0.25, -0.2) is 9.97 Å². The maximum Gasteiger partial charge on any atom is 0.135 e. The Morgan fingerprint density at radius 3 is 2.59 bits per heavy atom. The van der Waals surface area contributed by atoms with Crippen molar-refractivity contribution in [2.24, 2.45) is 0 Å². The van der Waals surface area contributed by atoms with Crippen molar-refractivity contribution in [1.29, 1.82) is 0 Å². The summed E-state index contributed by atoms with van der Waals surface area (Å²) in [5.41, 5.74) is 7.45. The fraction of sp³-hybridized carbons (Fsp3) is 0.167. The highest BCUT2D eigenvalue weighted by Gasteiger charge is 2.06. The monoisotopic (exact) mass is 267 g/mol. The standard InChI is InChI=1S/C12H11Cl2N3/c1-7-4-11(15)17-12(16-7)5-8-2-3-9(13)6-10(8)14/h2-4,6H,5H2,1H3,(H2,15,16,17). The predicted octanol–water partition coefficient (Wildman–Crippen LogP) is 3.26. The lowest BCUT2D eigenvalue weighted by Gasteiger charge is -2.05. The van der Waals surface area contributed by atoms with Crippen molar-refractivity contribution < 1.29 is 0 Å². The minimum absolute atomic E-state index is 0.470. The molecule has 0 amide bonds. The van der Waals surface area contributed by atoms with Crippen LogP contribution in [0.25, 0.3) is 0 Å². The lowest BCUT2D eigenvalue weighted by Crippen LogP contribution is -2.02. The molecule has 1 heterocycles. The number of aryl methyl sites for hydroxylation is 1. The number of nitrogens with two attached hydrogens (primary N) is 1. The maximum atomic E-state index is 6.09. The third-order valence-corrected chi connectivity index (χ3v) is 2.87. The molecule has 0 aliphatic carbocycles. The minimum Gasteiger partial charge on any atom is -0.384 e. The molecule has 5 heteroatoms. The summed E-state index contributed by atoms with van der Waals surface area (Å²) in [6, 6.07) is 7.10. The van der Waals surface area contributed by atoms with Gasteiger partial charge in [0.2, 0.25) is 0 Å². The van der Waals surface area contributed by atoms with Gasteiger partial charge in [-0.1, -0.05) is 29.3 Å². The molecule has 0 bridgehead atoms. The summed E-state index contributed by atoms with van der Waals surface area (Å²) in [4.78, 5) is 8.48. The first-order chi connectivity index (χ1) is 8.04. The second-order valence-electron chi connectivity index (χ2n) is 3.76. The highest BCUT2D eigenvalue weighted by Crippen LogP contribution is 2.22. The molecule has 0 aliphatic rings. The maximum absolute atomic E-state index is 6.09. The predicted molar refractivity (Wildman–Crippen MR) is 70.4 cm³/mol. The van der Waals surface area contributed by atoms with E-state index in [1.807, 2.05) is 13.0 Å². The Bertz CT molecular complexity index is 535. The number of halogens is 2. The molecule has 0 unspecified atom stereocenters. The fourth-order valence-electron chi connectivity index (χ4n) is 1.57. The normalized spacial score (nSPS) is 10.5. The van der Waals surface area contributed by atoms with E-state index < -0.39 is 0 Å². The van der Waals surface area contributed by atoms with Gasteiger partial charge in [-0.15, -0.1) is 0 Å². The van der Waals surface area contributed by atoms with Gasteiger partial charge in [-0.3, -0.25) is 0 Å². The largest absolute Gasteiger partial charge is 0.384 e. The average Bonchev–Trinajstić information content (AvgIpc) is 2.21. The number of nitrogen functional groups attached to an aromatic ring is 1. The minimum atomic E-state index is 0.470. The van der Waals surface area contributed by atoms with E-state index >= 15 is 0 Å². The summed E-state index contributed by atoms with van der Waals surface area (Å²) in [7, 11) is 0. The second kappa shape index (κ2) is 4.90. The molecule has 88 valence electrons. The molecule has 17 heavy (non-hydrogen) atoms. The van der Waals surface area contributed by atoms with Crippen molar-refractivity contribution >= 4 is 29.0 Å². The van der Waals surface area contributed by atoms with Gasteiger partial charge in [0.25, 0.3) is 0 Å². The smallest absolute Gasteiger partial charge is 0.135 e. The molecular formula is C12H11Cl2N3. The Balaban J connectivity index is 2.31. The van der Waals surface area contributed by atoms with Crippen molar-refractivity contribution in [2.75, 3.05) is 5.73 Å². The van der Waals surface area contributed by atoms with E-state index in [9.17, 15) is 0 Å². The molecule has 0 aliphatic heterocycles. The highest BCUT2D eigenvalue weighted by molar-refractivity contribution is 6.35. The third kappa shape index (κ3) is 3.08. The summed E-state index contributed by atoms with van der Waals surface area (Å²) >= 11 is 11.9. The zero-order valence-electron chi connectivity index (χ0n) is 9.24. The summed E-state index contributed by atoms with van der Waals surface area (Å²) < 4.78 is 0. The Morgan fingerprint density at radius 2 is 1.94 bits per heavy atom. The Hall–Kier alpha value is -1.32. The lowest BCUT2D eigenvalue weighted by molar-refractivity contribution is 0.949. The first kappa shape index (κ1) is 12.1. The van der Waals surface area contributed by atoms with Crippen LogP contribution in [0.5, 0.6) is 0 Å². The van der Waals surface area contributed by atoms with Crippen molar-refractivity contribution in [3.8, 4) is 0 Å². The third-order valence-electron chi connectivity index (χ3n) is 2.28. The molecule has 2 N–H and O–H groups in total. The van der Waals surface area contributed by atoms with E-state index in [-0.39, 0.29) is 0 Å². The molecule has 0 atom stereocenters. The molecular weight excluding hydrogens is 257 g/mol. The Labute approximate surface area is 110 Å². The second-order valence-corrected chi connectivity index (χ2v) is 4.61. The first-order valence-corrected chi connectivity index (χ1v) is 5.84.